The van der Waals surface area contributed by atoms with Crippen molar-refractivity contribution in [3.63, 3.8) is 0 Å². The molecule has 0 saturated carbocycles. The van der Waals surface area contributed by atoms with Crippen LogP contribution in [0.5, 0.6) is 0 Å². The second kappa shape index (κ2) is 6.18. The van der Waals surface area contributed by atoms with E-state index in [1.807, 2.05) is 0 Å². The Labute approximate surface area is 130 Å². The zero-order valence-corrected chi connectivity index (χ0v) is 13.7. The Kier molecular flexibility index (Phi) is 4.96. The average Bonchev–Trinajstić information content (AvgIpc) is 2.39. The molecule has 0 radical (unpaired) electrons. The summed E-state index contributed by atoms with van der Waals surface area (Å²) in [5.41, 5.74) is 0.389. The molecule has 1 aromatic carbocycles. The van der Waals surface area contributed by atoms with E-state index < -0.39 is 0 Å². The molecule has 1 atom stereocenters. The Bertz CT molecular complexity index is 479. The van der Waals surface area contributed by atoms with Crippen LogP contribution in [-0.2, 0) is 0 Å². The van der Waals surface area contributed by atoms with E-state index in [1.165, 1.54) is 12.1 Å². The van der Waals surface area contributed by atoms with Gasteiger partial charge < -0.3 is 5.32 Å². The molecule has 0 spiro atoms. The number of nitrogens with zero attached hydrogens (tertiary/aromatic N) is 1. The molecule has 112 valence electrons. The summed E-state index contributed by atoms with van der Waals surface area (Å²) in [5.74, 6) is -0.280. The topological polar surface area (TPSA) is 15.3 Å². The third-order valence-electron chi connectivity index (χ3n) is 3.69. The van der Waals surface area contributed by atoms with E-state index >= 15 is 0 Å². The molecule has 0 aromatic heterocycles. The minimum absolute atomic E-state index is 0.0872. The number of halogens is 3. The summed E-state index contributed by atoms with van der Waals surface area (Å²) >= 11 is 12.4. The summed E-state index contributed by atoms with van der Waals surface area (Å²) in [6, 6.07) is 2.83. The van der Waals surface area contributed by atoms with Crippen LogP contribution in [0.4, 0.5) is 4.39 Å². The van der Waals surface area contributed by atoms with Gasteiger partial charge in [-0.1, -0.05) is 44.0 Å². The fraction of sp³-hybridized carbons (Fsp3) is 0.600. The van der Waals surface area contributed by atoms with E-state index in [0.717, 1.165) is 26.2 Å². The minimum atomic E-state index is -0.280. The second-order valence-corrected chi connectivity index (χ2v) is 7.10. The third-order valence-corrected chi connectivity index (χ3v) is 4.51. The molecule has 1 saturated heterocycles. The summed E-state index contributed by atoms with van der Waals surface area (Å²) in [5, 5.41) is 4.07. The normalized spacial score (nSPS) is 19.1. The first-order chi connectivity index (χ1) is 9.32. The summed E-state index contributed by atoms with van der Waals surface area (Å²) in [6.45, 7) is 9.90. The number of piperazine rings is 1. The molecule has 5 heteroatoms. The van der Waals surface area contributed by atoms with Crippen molar-refractivity contribution >= 4 is 23.2 Å². The van der Waals surface area contributed by atoms with Gasteiger partial charge in [-0.3, -0.25) is 4.90 Å². The number of hydrogen-bond acceptors (Lipinski definition) is 2. The van der Waals surface area contributed by atoms with Crippen molar-refractivity contribution < 1.29 is 4.39 Å². The second-order valence-electron chi connectivity index (χ2n) is 6.31. The molecule has 2 rings (SSSR count). The molecule has 1 N–H and O–H groups in total. The van der Waals surface area contributed by atoms with E-state index in [-0.39, 0.29) is 17.3 Å². The molecule has 1 aromatic rings. The SMILES string of the molecule is CC(C)(C)[C@@H](c1c(F)ccc(Cl)c1Cl)N1CCNCC1. The predicted octanol–water partition coefficient (Wildman–Crippen LogP) is 4.12. The Morgan fingerprint density at radius 1 is 1.20 bits per heavy atom. The van der Waals surface area contributed by atoms with Crippen LogP contribution in [0.2, 0.25) is 10.0 Å². The number of hydrogen-bond donors (Lipinski definition) is 1. The Morgan fingerprint density at radius 2 is 1.80 bits per heavy atom. The molecule has 0 amide bonds. The zero-order chi connectivity index (χ0) is 14.9. The highest BCUT2D eigenvalue weighted by Gasteiger charge is 2.36. The molecule has 0 aliphatic carbocycles. The summed E-state index contributed by atoms with van der Waals surface area (Å²) in [6.07, 6.45) is 0. The lowest BCUT2D eigenvalue weighted by Crippen LogP contribution is -2.48. The summed E-state index contributed by atoms with van der Waals surface area (Å²) < 4.78 is 14.4. The first kappa shape index (κ1) is 16.0. The van der Waals surface area contributed by atoms with Crippen LogP contribution in [0.25, 0.3) is 0 Å². The van der Waals surface area contributed by atoms with Gasteiger partial charge in [-0.2, -0.15) is 0 Å². The standard InChI is InChI=1S/C15H21Cl2FN2/c1-15(2,3)14(20-8-6-19-7-9-20)12-11(18)5-4-10(16)13(12)17/h4-5,14,19H,6-9H2,1-3H3/t14-/m1/s1. The molecule has 1 aliphatic rings. The zero-order valence-electron chi connectivity index (χ0n) is 12.1. The molecular formula is C15H21Cl2FN2. The Hall–Kier alpha value is -0.350. The molecule has 1 fully saturated rings. The van der Waals surface area contributed by atoms with Crippen molar-refractivity contribution in [3.8, 4) is 0 Å². The van der Waals surface area contributed by atoms with Crippen LogP contribution < -0.4 is 5.32 Å². The van der Waals surface area contributed by atoms with Crippen LogP contribution in [0, 0.1) is 11.2 Å². The number of nitrogens with one attached hydrogen (secondary N) is 1. The maximum Gasteiger partial charge on any atom is 0.129 e. The summed E-state index contributed by atoms with van der Waals surface area (Å²) in [4.78, 5) is 2.29. The van der Waals surface area contributed by atoms with Gasteiger partial charge in [-0.25, -0.2) is 4.39 Å². The van der Waals surface area contributed by atoms with Crippen molar-refractivity contribution in [2.75, 3.05) is 26.2 Å². The van der Waals surface area contributed by atoms with E-state index in [0.29, 0.717) is 15.6 Å². The lowest BCUT2D eigenvalue weighted by molar-refractivity contribution is 0.0835. The van der Waals surface area contributed by atoms with Crippen LogP contribution >= 0.6 is 23.2 Å². The van der Waals surface area contributed by atoms with Crippen LogP contribution in [0.3, 0.4) is 0 Å². The van der Waals surface area contributed by atoms with Gasteiger partial charge in [0.25, 0.3) is 0 Å². The monoisotopic (exact) mass is 318 g/mol. The van der Waals surface area contributed by atoms with Crippen molar-refractivity contribution in [2.45, 2.75) is 26.8 Å². The fourth-order valence-electron chi connectivity index (χ4n) is 2.90. The van der Waals surface area contributed by atoms with Gasteiger partial charge in [-0.15, -0.1) is 0 Å². The maximum atomic E-state index is 14.4. The third kappa shape index (κ3) is 3.28. The van der Waals surface area contributed by atoms with E-state index in [4.69, 9.17) is 23.2 Å². The van der Waals surface area contributed by atoms with Crippen molar-refractivity contribution in [2.24, 2.45) is 5.41 Å². The van der Waals surface area contributed by atoms with Crippen molar-refractivity contribution in [3.05, 3.63) is 33.6 Å². The smallest absolute Gasteiger partial charge is 0.129 e. The highest BCUT2D eigenvalue weighted by atomic mass is 35.5. The quantitative estimate of drug-likeness (QED) is 0.825. The molecule has 2 nitrogen and oxygen atoms in total. The number of benzene rings is 1. The number of rotatable bonds is 2. The van der Waals surface area contributed by atoms with Crippen molar-refractivity contribution in [1.29, 1.82) is 0 Å². The fourth-order valence-corrected chi connectivity index (χ4v) is 3.32. The molecule has 1 heterocycles. The molecule has 0 bridgehead atoms. The molecule has 0 unspecified atom stereocenters. The van der Waals surface area contributed by atoms with E-state index in [1.54, 1.807) is 0 Å². The summed E-state index contributed by atoms with van der Waals surface area (Å²) in [7, 11) is 0. The van der Waals surface area contributed by atoms with E-state index in [2.05, 4.69) is 31.0 Å². The minimum Gasteiger partial charge on any atom is -0.314 e. The van der Waals surface area contributed by atoms with Crippen molar-refractivity contribution in [1.82, 2.24) is 10.2 Å². The van der Waals surface area contributed by atoms with Crippen LogP contribution in [0.15, 0.2) is 12.1 Å². The molecule has 1 aliphatic heterocycles. The van der Waals surface area contributed by atoms with Gasteiger partial charge in [0.1, 0.15) is 5.82 Å². The van der Waals surface area contributed by atoms with Crippen LogP contribution in [0.1, 0.15) is 32.4 Å². The highest BCUT2D eigenvalue weighted by Crippen LogP contribution is 2.44. The molecular weight excluding hydrogens is 298 g/mol. The van der Waals surface area contributed by atoms with Crippen LogP contribution in [-0.4, -0.2) is 31.1 Å². The first-order valence-corrected chi connectivity index (χ1v) is 7.66. The van der Waals surface area contributed by atoms with Gasteiger partial charge in [0.15, 0.2) is 0 Å². The first-order valence-electron chi connectivity index (χ1n) is 6.90. The Balaban J connectivity index is 2.49. The van der Waals surface area contributed by atoms with Gasteiger partial charge in [0.2, 0.25) is 0 Å². The lowest BCUT2D eigenvalue weighted by Gasteiger charge is -2.43. The Morgan fingerprint density at radius 3 is 2.35 bits per heavy atom. The van der Waals surface area contributed by atoms with Gasteiger partial charge in [0, 0.05) is 37.8 Å². The largest absolute Gasteiger partial charge is 0.314 e. The maximum absolute atomic E-state index is 14.4. The van der Waals surface area contributed by atoms with E-state index in [9.17, 15) is 4.39 Å². The lowest BCUT2D eigenvalue weighted by atomic mass is 9.80. The highest BCUT2D eigenvalue weighted by molar-refractivity contribution is 6.42. The molecule has 20 heavy (non-hydrogen) atoms. The van der Waals surface area contributed by atoms with Gasteiger partial charge in [0.05, 0.1) is 10.0 Å². The van der Waals surface area contributed by atoms with Gasteiger partial charge in [-0.05, 0) is 17.5 Å². The average molecular weight is 319 g/mol. The van der Waals surface area contributed by atoms with Gasteiger partial charge >= 0.3 is 0 Å². The predicted molar refractivity (Wildman–Crippen MR) is 83.1 cm³/mol.